The fraction of sp³-hybridized carbons (Fsp3) is 0.857. The quantitative estimate of drug-likeness (QED) is 0.485. The number of ether oxygens (including phenoxy) is 1. The first-order valence-electron chi connectivity index (χ1n) is 4.47. The summed E-state index contributed by atoms with van der Waals surface area (Å²) in [5, 5.41) is 0. The van der Waals surface area contributed by atoms with Crippen molar-refractivity contribution in [2.75, 3.05) is 5.75 Å². The van der Waals surface area contributed by atoms with E-state index in [1.54, 1.807) is 0 Å². The number of rotatable bonds is 4. The standard InChI is InChI=1S/C7H8F6O5S/c1-2-4(14)18-5(6(8,9)10,7(11,12)13)3-19(15,16)17/h2-3H2,1H3,(H,15,16,17). The van der Waals surface area contributed by atoms with Gasteiger partial charge in [-0.15, -0.1) is 0 Å². The van der Waals surface area contributed by atoms with Crippen LogP contribution in [0.5, 0.6) is 0 Å². The van der Waals surface area contributed by atoms with E-state index in [9.17, 15) is 39.6 Å². The highest BCUT2D eigenvalue weighted by Crippen LogP contribution is 2.46. The molecule has 0 atom stereocenters. The number of esters is 1. The van der Waals surface area contributed by atoms with E-state index in [1.165, 1.54) is 0 Å². The molecule has 0 aromatic rings. The Bertz CT molecular complexity index is 422. The molecule has 0 radical (unpaired) electrons. The second kappa shape index (κ2) is 5.15. The molecule has 0 rings (SSSR count). The molecule has 0 spiro atoms. The third kappa shape index (κ3) is 4.23. The molecule has 114 valence electrons. The Morgan fingerprint density at radius 2 is 1.47 bits per heavy atom. The van der Waals surface area contributed by atoms with Crippen LogP contribution in [0.4, 0.5) is 26.3 Å². The van der Waals surface area contributed by atoms with Gasteiger partial charge in [0.2, 0.25) is 0 Å². The Morgan fingerprint density at radius 3 is 1.68 bits per heavy atom. The number of carbonyl (C=O) groups excluding carboxylic acids is 1. The second-order valence-electron chi connectivity index (χ2n) is 3.38. The highest BCUT2D eigenvalue weighted by atomic mass is 32.2. The lowest BCUT2D eigenvalue weighted by Crippen LogP contribution is -2.63. The van der Waals surface area contributed by atoms with Gasteiger partial charge in [-0.2, -0.15) is 34.8 Å². The summed E-state index contributed by atoms with van der Waals surface area (Å²) < 4.78 is 107. The molecule has 0 saturated heterocycles. The van der Waals surface area contributed by atoms with Crippen molar-refractivity contribution in [3.63, 3.8) is 0 Å². The average molecular weight is 318 g/mol. The fourth-order valence-electron chi connectivity index (χ4n) is 0.993. The van der Waals surface area contributed by atoms with Crippen molar-refractivity contribution in [2.24, 2.45) is 0 Å². The third-order valence-electron chi connectivity index (χ3n) is 1.88. The molecular weight excluding hydrogens is 310 g/mol. The molecule has 0 aliphatic carbocycles. The summed E-state index contributed by atoms with van der Waals surface area (Å²) in [6, 6.07) is 0. The van der Waals surface area contributed by atoms with Crippen LogP contribution >= 0.6 is 0 Å². The van der Waals surface area contributed by atoms with Crippen molar-refractivity contribution in [3.8, 4) is 0 Å². The Balaban J connectivity index is 5.97. The third-order valence-corrected chi connectivity index (χ3v) is 2.65. The smallest absolute Gasteiger partial charge is 0.438 e. The number of carbonyl (C=O) groups is 1. The van der Waals surface area contributed by atoms with Crippen LogP contribution in [0.1, 0.15) is 13.3 Å². The highest BCUT2D eigenvalue weighted by molar-refractivity contribution is 7.85. The molecule has 0 aliphatic heterocycles. The molecule has 0 aromatic heterocycles. The Kier molecular flexibility index (Phi) is 4.87. The van der Waals surface area contributed by atoms with Crippen LogP contribution < -0.4 is 0 Å². The lowest BCUT2D eigenvalue weighted by molar-refractivity contribution is -0.361. The minimum Gasteiger partial charge on any atom is -0.438 e. The highest BCUT2D eigenvalue weighted by Gasteiger charge is 2.75. The maximum absolute atomic E-state index is 12.5. The zero-order valence-electron chi connectivity index (χ0n) is 9.17. The molecule has 0 fully saturated rings. The van der Waals surface area contributed by atoms with Crippen LogP contribution in [-0.2, 0) is 19.6 Å². The van der Waals surface area contributed by atoms with Gasteiger partial charge in [-0.25, -0.2) is 0 Å². The van der Waals surface area contributed by atoms with Crippen LogP contribution in [0.25, 0.3) is 0 Å². The molecule has 0 heterocycles. The molecule has 0 bridgehead atoms. The summed E-state index contributed by atoms with van der Waals surface area (Å²) in [6.07, 6.45) is -13.4. The van der Waals surface area contributed by atoms with Crippen LogP contribution in [0.2, 0.25) is 0 Å². The van der Waals surface area contributed by atoms with E-state index in [0.29, 0.717) is 0 Å². The van der Waals surface area contributed by atoms with Gasteiger partial charge < -0.3 is 4.74 Å². The molecule has 12 heteroatoms. The molecule has 0 amide bonds. The molecule has 19 heavy (non-hydrogen) atoms. The molecule has 0 aromatic carbocycles. The molecular formula is C7H8F6O5S. The predicted octanol–water partition coefficient (Wildman–Crippen LogP) is 1.69. The van der Waals surface area contributed by atoms with Crippen molar-refractivity contribution < 1.29 is 48.8 Å². The van der Waals surface area contributed by atoms with Crippen molar-refractivity contribution in [3.05, 3.63) is 0 Å². The molecule has 0 aliphatic rings. The van der Waals surface area contributed by atoms with Gasteiger partial charge in [-0.05, 0) is 0 Å². The summed E-state index contributed by atoms with van der Waals surface area (Å²) >= 11 is 0. The molecule has 1 N–H and O–H groups in total. The van der Waals surface area contributed by atoms with Crippen LogP contribution in [0, 0.1) is 0 Å². The fourth-order valence-corrected chi connectivity index (χ4v) is 1.89. The van der Waals surface area contributed by atoms with E-state index in [2.05, 4.69) is 4.74 Å². The first kappa shape index (κ1) is 18.0. The van der Waals surface area contributed by atoms with Crippen molar-refractivity contribution >= 4 is 16.1 Å². The van der Waals surface area contributed by atoms with Gasteiger partial charge in [0.1, 0.15) is 5.75 Å². The summed E-state index contributed by atoms with van der Waals surface area (Å²) in [7, 11) is -5.72. The minimum absolute atomic E-state index is 0.848. The number of alkyl halides is 6. The van der Waals surface area contributed by atoms with E-state index in [-0.39, 0.29) is 0 Å². The maximum Gasteiger partial charge on any atom is 0.438 e. The number of hydrogen-bond acceptors (Lipinski definition) is 4. The molecule has 0 unspecified atom stereocenters. The van der Waals surface area contributed by atoms with Gasteiger partial charge in [0.05, 0.1) is 0 Å². The Labute approximate surface area is 103 Å². The topological polar surface area (TPSA) is 80.7 Å². The van der Waals surface area contributed by atoms with Gasteiger partial charge in [-0.3, -0.25) is 9.35 Å². The lowest BCUT2D eigenvalue weighted by atomic mass is 10.1. The minimum atomic E-state index is -6.27. The van der Waals surface area contributed by atoms with E-state index in [0.717, 1.165) is 6.92 Å². The molecule has 5 nitrogen and oxygen atoms in total. The van der Waals surface area contributed by atoms with E-state index < -0.39 is 46.2 Å². The number of halogens is 6. The van der Waals surface area contributed by atoms with Gasteiger partial charge in [0, 0.05) is 6.42 Å². The van der Waals surface area contributed by atoms with Gasteiger partial charge in [-0.1, -0.05) is 6.92 Å². The summed E-state index contributed by atoms with van der Waals surface area (Å²) in [5.74, 6) is -4.78. The average Bonchev–Trinajstić information content (AvgIpc) is 2.10. The summed E-state index contributed by atoms with van der Waals surface area (Å²) in [5.41, 5.74) is -5.30. The monoisotopic (exact) mass is 318 g/mol. The normalized spacial score (nSPS) is 14.3. The second-order valence-corrected chi connectivity index (χ2v) is 4.83. The summed E-state index contributed by atoms with van der Waals surface area (Å²) in [4.78, 5) is 10.7. The van der Waals surface area contributed by atoms with E-state index in [1.807, 2.05) is 0 Å². The number of hydrogen-bond donors (Lipinski definition) is 1. The zero-order chi connectivity index (χ0) is 15.7. The van der Waals surface area contributed by atoms with Gasteiger partial charge >= 0.3 is 23.9 Å². The first-order chi connectivity index (χ1) is 8.16. The zero-order valence-corrected chi connectivity index (χ0v) is 9.99. The predicted molar refractivity (Wildman–Crippen MR) is 47.6 cm³/mol. The Morgan fingerprint density at radius 1 is 1.11 bits per heavy atom. The van der Waals surface area contributed by atoms with Crippen molar-refractivity contribution in [2.45, 2.75) is 31.3 Å². The van der Waals surface area contributed by atoms with Crippen molar-refractivity contribution in [1.29, 1.82) is 0 Å². The van der Waals surface area contributed by atoms with Gasteiger partial charge in [0.25, 0.3) is 10.1 Å². The van der Waals surface area contributed by atoms with Crippen LogP contribution in [0.15, 0.2) is 0 Å². The van der Waals surface area contributed by atoms with Crippen molar-refractivity contribution in [1.82, 2.24) is 0 Å². The summed E-state index contributed by atoms with van der Waals surface area (Å²) in [6.45, 7) is 0.910. The molecule has 0 saturated carbocycles. The van der Waals surface area contributed by atoms with E-state index >= 15 is 0 Å². The van der Waals surface area contributed by atoms with Crippen LogP contribution in [0.3, 0.4) is 0 Å². The maximum atomic E-state index is 12.5. The van der Waals surface area contributed by atoms with Gasteiger partial charge in [0.15, 0.2) is 0 Å². The Hall–Kier alpha value is -1.04. The largest absolute Gasteiger partial charge is 0.438 e. The van der Waals surface area contributed by atoms with E-state index in [4.69, 9.17) is 4.55 Å². The lowest BCUT2D eigenvalue weighted by Gasteiger charge is -2.35. The first-order valence-corrected chi connectivity index (χ1v) is 6.07. The SMILES string of the molecule is CCC(=O)OC(CS(=O)(=O)O)(C(F)(F)F)C(F)(F)F. The van der Waals surface area contributed by atoms with Crippen LogP contribution in [-0.4, -0.2) is 42.6 Å².